The van der Waals surface area contributed by atoms with E-state index in [1.807, 2.05) is 0 Å². The molecule has 0 radical (unpaired) electrons. The van der Waals surface area contributed by atoms with Crippen molar-refractivity contribution in [2.24, 2.45) is 23.5 Å². The smallest absolute Gasteiger partial charge is 0.0954 e. The fourth-order valence-corrected chi connectivity index (χ4v) is 4.53. The zero-order chi connectivity index (χ0) is 12.1. The third-order valence-electron chi connectivity index (χ3n) is 4.63. The molecule has 0 amide bonds. The fourth-order valence-electron chi connectivity index (χ4n) is 3.49. The molecule has 2 nitrogen and oxygen atoms in total. The Hall–Kier alpha value is -0.930. The van der Waals surface area contributed by atoms with E-state index in [-0.39, 0.29) is 0 Å². The monoisotopic (exact) mass is 258 g/mol. The largest absolute Gasteiger partial charge is 0.327 e. The lowest BCUT2D eigenvalue weighted by Gasteiger charge is -2.19. The number of thiazole rings is 1. The van der Waals surface area contributed by atoms with Crippen LogP contribution in [0, 0.1) is 17.8 Å². The van der Waals surface area contributed by atoms with E-state index in [0.717, 1.165) is 29.7 Å². The average Bonchev–Trinajstić information content (AvgIpc) is 2.83. The lowest BCUT2D eigenvalue weighted by atomic mass is 9.93. The van der Waals surface area contributed by atoms with E-state index in [1.54, 1.807) is 11.3 Å². The SMILES string of the molecule is NC(Cc1nc2ccccc2s1)C1CC2CC2C1. The van der Waals surface area contributed by atoms with Crippen molar-refractivity contribution in [1.82, 2.24) is 4.98 Å². The van der Waals surface area contributed by atoms with Crippen LogP contribution in [-0.2, 0) is 6.42 Å². The molecule has 4 rings (SSSR count). The Morgan fingerprint density at radius 3 is 2.78 bits per heavy atom. The molecule has 1 aromatic heterocycles. The Morgan fingerprint density at radius 2 is 2.00 bits per heavy atom. The van der Waals surface area contributed by atoms with Crippen molar-refractivity contribution in [2.75, 3.05) is 0 Å². The molecule has 3 atom stereocenters. The number of hydrogen-bond donors (Lipinski definition) is 1. The van der Waals surface area contributed by atoms with E-state index in [1.165, 1.54) is 29.0 Å². The van der Waals surface area contributed by atoms with Crippen LogP contribution in [0.2, 0.25) is 0 Å². The van der Waals surface area contributed by atoms with Crippen molar-refractivity contribution in [1.29, 1.82) is 0 Å². The predicted octanol–water partition coefficient (Wildman–Crippen LogP) is 3.21. The van der Waals surface area contributed by atoms with Crippen LogP contribution in [0.1, 0.15) is 24.3 Å². The minimum Gasteiger partial charge on any atom is -0.327 e. The molecule has 2 saturated carbocycles. The van der Waals surface area contributed by atoms with Gasteiger partial charge in [0.25, 0.3) is 0 Å². The molecule has 2 fully saturated rings. The molecule has 94 valence electrons. The maximum atomic E-state index is 6.38. The summed E-state index contributed by atoms with van der Waals surface area (Å²) in [6.45, 7) is 0. The van der Waals surface area contributed by atoms with Crippen LogP contribution in [0.4, 0.5) is 0 Å². The molecule has 0 bridgehead atoms. The van der Waals surface area contributed by atoms with Crippen LogP contribution in [0.3, 0.4) is 0 Å². The lowest BCUT2D eigenvalue weighted by molar-refractivity contribution is 0.392. The Kier molecular flexibility index (Phi) is 2.45. The maximum absolute atomic E-state index is 6.38. The number of rotatable bonds is 3. The molecule has 2 N–H and O–H groups in total. The van der Waals surface area contributed by atoms with Crippen molar-refractivity contribution in [3.05, 3.63) is 29.3 Å². The number of hydrogen-bond acceptors (Lipinski definition) is 3. The Morgan fingerprint density at radius 1 is 1.22 bits per heavy atom. The molecule has 1 aromatic carbocycles. The second-order valence-corrected chi connectivity index (χ2v) is 7.05. The first kappa shape index (κ1) is 10.9. The summed E-state index contributed by atoms with van der Waals surface area (Å²) in [5, 5.41) is 1.21. The summed E-state index contributed by atoms with van der Waals surface area (Å²) in [4.78, 5) is 4.69. The van der Waals surface area contributed by atoms with Gasteiger partial charge in [-0.15, -0.1) is 11.3 Å². The number of para-hydroxylation sites is 1. The fraction of sp³-hybridized carbons (Fsp3) is 0.533. The topological polar surface area (TPSA) is 38.9 Å². The van der Waals surface area contributed by atoms with Gasteiger partial charge in [-0.1, -0.05) is 12.1 Å². The van der Waals surface area contributed by atoms with Gasteiger partial charge >= 0.3 is 0 Å². The second kappa shape index (κ2) is 4.04. The Bertz CT molecular complexity index is 534. The highest BCUT2D eigenvalue weighted by molar-refractivity contribution is 7.18. The maximum Gasteiger partial charge on any atom is 0.0954 e. The van der Waals surface area contributed by atoms with Crippen molar-refractivity contribution in [2.45, 2.75) is 31.7 Å². The molecular weight excluding hydrogens is 240 g/mol. The van der Waals surface area contributed by atoms with Crippen LogP contribution in [0.5, 0.6) is 0 Å². The van der Waals surface area contributed by atoms with E-state index < -0.39 is 0 Å². The summed E-state index contributed by atoms with van der Waals surface area (Å²) in [5.41, 5.74) is 7.51. The van der Waals surface area contributed by atoms with Crippen molar-refractivity contribution in [3.63, 3.8) is 0 Å². The molecule has 2 aliphatic rings. The highest BCUT2D eigenvalue weighted by Gasteiger charge is 2.47. The van der Waals surface area contributed by atoms with Gasteiger partial charge in [0.2, 0.25) is 0 Å². The molecular formula is C15H18N2S. The second-order valence-electron chi connectivity index (χ2n) is 5.93. The number of nitrogens with two attached hydrogens (primary N) is 1. The summed E-state index contributed by atoms with van der Waals surface area (Å²) >= 11 is 1.81. The molecule has 2 aliphatic carbocycles. The third kappa shape index (κ3) is 1.86. The number of aromatic nitrogens is 1. The van der Waals surface area contributed by atoms with E-state index >= 15 is 0 Å². The first-order valence-electron chi connectivity index (χ1n) is 6.89. The molecule has 2 aromatic rings. The first-order valence-corrected chi connectivity index (χ1v) is 7.71. The minimum absolute atomic E-state index is 0.318. The third-order valence-corrected chi connectivity index (χ3v) is 5.69. The molecule has 18 heavy (non-hydrogen) atoms. The predicted molar refractivity (Wildman–Crippen MR) is 75.6 cm³/mol. The van der Waals surface area contributed by atoms with Crippen LogP contribution in [0.15, 0.2) is 24.3 Å². The summed E-state index contributed by atoms with van der Waals surface area (Å²) in [5.74, 6) is 2.80. The molecule has 0 aliphatic heterocycles. The van der Waals surface area contributed by atoms with Gasteiger partial charge in [0.15, 0.2) is 0 Å². The van der Waals surface area contributed by atoms with Crippen molar-refractivity contribution >= 4 is 21.6 Å². The highest BCUT2D eigenvalue weighted by atomic mass is 32.1. The summed E-state index contributed by atoms with van der Waals surface area (Å²) in [7, 11) is 0. The first-order chi connectivity index (χ1) is 8.79. The lowest BCUT2D eigenvalue weighted by Crippen LogP contribution is -2.31. The molecule has 0 spiro atoms. The molecule has 1 heterocycles. The summed E-state index contributed by atoms with van der Waals surface area (Å²) in [6, 6.07) is 8.68. The van der Waals surface area contributed by atoms with E-state index in [2.05, 4.69) is 24.3 Å². The van der Waals surface area contributed by atoms with Crippen LogP contribution in [0.25, 0.3) is 10.2 Å². The van der Waals surface area contributed by atoms with Gasteiger partial charge < -0.3 is 5.73 Å². The van der Waals surface area contributed by atoms with E-state index in [0.29, 0.717) is 6.04 Å². The van der Waals surface area contributed by atoms with Gasteiger partial charge in [-0.3, -0.25) is 0 Å². The molecule has 3 unspecified atom stereocenters. The van der Waals surface area contributed by atoms with Crippen molar-refractivity contribution < 1.29 is 0 Å². The number of benzene rings is 1. The van der Waals surface area contributed by atoms with Crippen molar-refractivity contribution in [3.8, 4) is 0 Å². The van der Waals surface area contributed by atoms with Gasteiger partial charge in [0.05, 0.1) is 15.2 Å². The number of fused-ring (bicyclic) bond motifs is 2. The Balaban J connectivity index is 1.49. The van der Waals surface area contributed by atoms with E-state index in [9.17, 15) is 0 Å². The van der Waals surface area contributed by atoms with Crippen LogP contribution < -0.4 is 5.73 Å². The highest BCUT2D eigenvalue weighted by Crippen LogP contribution is 2.55. The van der Waals surface area contributed by atoms with Gasteiger partial charge in [-0.05, 0) is 49.1 Å². The number of nitrogens with zero attached hydrogens (tertiary/aromatic N) is 1. The minimum atomic E-state index is 0.318. The zero-order valence-electron chi connectivity index (χ0n) is 10.4. The quantitative estimate of drug-likeness (QED) is 0.918. The van der Waals surface area contributed by atoms with Gasteiger partial charge in [-0.25, -0.2) is 4.98 Å². The summed E-state index contributed by atoms with van der Waals surface area (Å²) in [6.07, 6.45) is 5.18. The van der Waals surface area contributed by atoms with Crippen LogP contribution in [-0.4, -0.2) is 11.0 Å². The summed E-state index contributed by atoms with van der Waals surface area (Å²) < 4.78 is 1.29. The standard InChI is InChI=1S/C15H18N2S/c16-12(11-6-9-5-10(9)7-11)8-15-17-13-3-1-2-4-14(13)18-15/h1-4,9-12H,5-8,16H2. The van der Waals surface area contributed by atoms with Crippen LogP contribution >= 0.6 is 11.3 Å². The normalized spacial score (nSPS) is 31.5. The molecule has 0 saturated heterocycles. The van der Waals surface area contributed by atoms with Gasteiger partial charge in [0, 0.05) is 12.5 Å². The van der Waals surface area contributed by atoms with E-state index in [4.69, 9.17) is 10.7 Å². The zero-order valence-corrected chi connectivity index (χ0v) is 11.2. The van der Waals surface area contributed by atoms with Gasteiger partial charge in [-0.2, -0.15) is 0 Å². The average molecular weight is 258 g/mol. The Labute approximate surface area is 111 Å². The van der Waals surface area contributed by atoms with Gasteiger partial charge in [0.1, 0.15) is 0 Å². The molecule has 3 heteroatoms.